The van der Waals surface area contributed by atoms with Crippen LogP contribution in [0.3, 0.4) is 0 Å². The molecule has 0 aromatic carbocycles. The highest BCUT2D eigenvalue weighted by Crippen LogP contribution is 2.21. The van der Waals surface area contributed by atoms with E-state index in [0.717, 1.165) is 43.3 Å². The van der Waals surface area contributed by atoms with Crippen LogP contribution in [0, 0.1) is 5.92 Å². The van der Waals surface area contributed by atoms with Crippen molar-refractivity contribution in [1.82, 2.24) is 19.8 Å². The molecular formula is C17H28N4O2S. The minimum absolute atomic E-state index is 0.203. The van der Waals surface area contributed by atoms with Gasteiger partial charge in [0.1, 0.15) is 10.6 Å². The number of hydrogen-bond donors (Lipinski definition) is 0. The molecule has 0 saturated carbocycles. The zero-order valence-corrected chi connectivity index (χ0v) is 16.1. The average Bonchev–Trinajstić information content (AvgIpc) is 2.94. The van der Waals surface area contributed by atoms with Crippen LogP contribution in [0.15, 0.2) is 17.4 Å². The topological polar surface area (TPSA) is 58.6 Å². The molecule has 0 radical (unpaired) electrons. The van der Waals surface area contributed by atoms with Gasteiger partial charge in [0.05, 0.1) is 5.69 Å². The summed E-state index contributed by atoms with van der Waals surface area (Å²) >= 11 is 1.62. The number of aromatic nitrogens is 2. The number of likely N-dealkylation sites (tertiary alicyclic amines) is 1. The predicted molar refractivity (Wildman–Crippen MR) is 96.1 cm³/mol. The second-order valence-corrected chi connectivity index (χ2v) is 8.09. The second-order valence-electron chi connectivity index (χ2n) is 7.29. The van der Waals surface area contributed by atoms with E-state index in [9.17, 15) is 4.79 Å². The molecule has 0 N–H and O–H groups in total. The summed E-state index contributed by atoms with van der Waals surface area (Å²) in [5.41, 5.74) is 0.570. The van der Waals surface area contributed by atoms with E-state index in [0.29, 0.717) is 5.92 Å². The van der Waals surface area contributed by atoms with Gasteiger partial charge in [-0.25, -0.2) is 9.78 Å². The molecule has 0 bridgehead atoms. The van der Waals surface area contributed by atoms with Crippen molar-refractivity contribution in [3.05, 3.63) is 18.1 Å². The molecule has 6 nitrogen and oxygen atoms in total. The van der Waals surface area contributed by atoms with Crippen molar-refractivity contribution < 1.29 is 9.53 Å². The smallest absolute Gasteiger partial charge is 0.410 e. The summed E-state index contributed by atoms with van der Waals surface area (Å²) in [4.78, 5) is 25.0. The number of rotatable bonds is 5. The quantitative estimate of drug-likeness (QED) is 0.760. The number of carbonyl (C=O) groups excluding carboxylic acids is 1. The average molecular weight is 353 g/mol. The third-order valence-corrected chi connectivity index (χ3v) is 4.58. The minimum atomic E-state index is -0.438. The molecule has 24 heavy (non-hydrogen) atoms. The molecule has 1 unspecified atom stereocenters. The molecule has 1 aromatic heterocycles. The van der Waals surface area contributed by atoms with E-state index in [-0.39, 0.29) is 6.09 Å². The fourth-order valence-electron chi connectivity index (χ4n) is 2.87. The molecule has 2 rings (SSSR count). The number of thioether (sulfide) groups is 1. The Labute approximate surface area is 149 Å². The summed E-state index contributed by atoms with van der Waals surface area (Å²) < 4.78 is 5.45. The van der Waals surface area contributed by atoms with Crippen LogP contribution < -0.4 is 0 Å². The summed E-state index contributed by atoms with van der Waals surface area (Å²) in [7, 11) is 2.09. The van der Waals surface area contributed by atoms with Crippen LogP contribution in [0.25, 0.3) is 0 Å². The predicted octanol–water partition coefficient (Wildman–Crippen LogP) is 2.89. The molecule has 1 atom stereocenters. The standard InChI is InChI=1S/C17H28N4O2S/c1-17(2,3)23-16(22)21-9-6-13(11-21)10-20(4)12-14-15(24-5)19-8-7-18-14/h7-8,13H,6,9-12H2,1-5H3. The van der Waals surface area contributed by atoms with Gasteiger partial charge in [-0.05, 0) is 46.4 Å². The summed E-state index contributed by atoms with van der Waals surface area (Å²) in [6.45, 7) is 8.93. The Morgan fingerprint density at radius 3 is 2.79 bits per heavy atom. The maximum Gasteiger partial charge on any atom is 0.410 e. The van der Waals surface area contributed by atoms with E-state index in [1.54, 1.807) is 24.2 Å². The number of carbonyl (C=O) groups is 1. The zero-order chi connectivity index (χ0) is 17.7. The maximum absolute atomic E-state index is 12.1. The lowest BCUT2D eigenvalue weighted by molar-refractivity contribution is 0.0285. The molecule has 1 fully saturated rings. The third-order valence-electron chi connectivity index (χ3n) is 3.86. The van der Waals surface area contributed by atoms with Crippen LogP contribution in [0.5, 0.6) is 0 Å². The lowest BCUT2D eigenvalue weighted by Gasteiger charge is -2.25. The Morgan fingerprint density at radius 2 is 2.12 bits per heavy atom. The van der Waals surface area contributed by atoms with E-state index >= 15 is 0 Å². The van der Waals surface area contributed by atoms with Gasteiger partial charge in [0.25, 0.3) is 0 Å². The molecule has 7 heteroatoms. The largest absolute Gasteiger partial charge is 0.444 e. The highest BCUT2D eigenvalue weighted by atomic mass is 32.2. The summed E-state index contributed by atoms with van der Waals surface area (Å²) in [6.07, 6.45) is 6.29. The van der Waals surface area contributed by atoms with Crippen LogP contribution in [0.1, 0.15) is 32.9 Å². The molecule has 1 aliphatic rings. The van der Waals surface area contributed by atoms with E-state index in [4.69, 9.17) is 4.74 Å². The van der Waals surface area contributed by atoms with Crippen LogP contribution in [-0.4, -0.2) is 64.4 Å². The van der Waals surface area contributed by atoms with Crippen LogP contribution in [-0.2, 0) is 11.3 Å². The Bertz CT molecular complexity index is 562. The first-order valence-corrected chi connectivity index (χ1v) is 9.51. The molecule has 0 spiro atoms. The van der Waals surface area contributed by atoms with E-state index in [1.165, 1.54) is 0 Å². The van der Waals surface area contributed by atoms with Gasteiger partial charge in [-0.2, -0.15) is 0 Å². The van der Waals surface area contributed by atoms with Gasteiger partial charge in [-0.3, -0.25) is 4.98 Å². The number of nitrogens with zero attached hydrogens (tertiary/aromatic N) is 4. The Balaban J connectivity index is 1.83. The van der Waals surface area contributed by atoms with Crippen molar-refractivity contribution in [2.75, 3.05) is 32.9 Å². The summed E-state index contributed by atoms with van der Waals surface area (Å²) in [5.74, 6) is 0.469. The van der Waals surface area contributed by atoms with Crippen LogP contribution >= 0.6 is 11.8 Å². The molecule has 1 amide bonds. The van der Waals surface area contributed by atoms with Crippen molar-refractivity contribution in [2.45, 2.75) is 44.4 Å². The SMILES string of the molecule is CSc1nccnc1CN(C)CC1CCN(C(=O)OC(C)(C)C)C1. The van der Waals surface area contributed by atoms with Crippen molar-refractivity contribution in [3.8, 4) is 0 Å². The zero-order valence-electron chi connectivity index (χ0n) is 15.3. The maximum atomic E-state index is 12.1. The fraction of sp³-hybridized carbons (Fsp3) is 0.706. The Hall–Kier alpha value is -1.34. The van der Waals surface area contributed by atoms with E-state index < -0.39 is 5.60 Å². The molecule has 2 heterocycles. The van der Waals surface area contributed by atoms with Crippen molar-refractivity contribution in [3.63, 3.8) is 0 Å². The first kappa shape index (κ1) is 19.0. The monoisotopic (exact) mass is 352 g/mol. The Kier molecular flexibility index (Phi) is 6.46. The molecular weight excluding hydrogens is 324 g/mol. The molecule has 134 valence electrons. The second kappa shape index (κ2) is 8.16. The van der Waals surface area contributed by atoms with E-state index in [1.807, 2.05) is 31.9 Å². The molecule has 1 aliphatic heterocycles. The van der Waals surface area contributed by atoms with Gasteiger partial charge >= 0.3 is 6.09 Å². The first-order valence-electron chi connectivity index (χ1n) is 8.29. The first-order chi connectivity index (χ1) is 11.3. The number of amides is 1. The minimum Gasteiger partial charge on any atom is -0.444 e. The molecule has 0 aliphatic carbocycles. The van der Waals surface area contributed by atoms with Gasteiger partial charge in [-0.1, -0.05) is 0 Å². The lowest BCUT2D eigenvalue weighted by Crippen LogP contribution is -2.36. The highest BCUT2D eigenvalue weighted by Gasteiger charge is 2.30. The lowest BCUT2D eigenvalue weighted by atomic mass is 10.1. The van der Waals surface area contributed by atoms with Gasteiger partial charge in [0, 0.05) is 38.6 Å². The van der Waals surface area contributed by atoms with Crippen LogP contribution in [0.4, 0.5) is 4.79 Å². The summed E-state index contributed by atoms with van der Waals surface area (Å²) in [5, 5.41) is 0.978. The van der Waals surface area contributed by atoms with Crippen molar-refractivity contribution >= 4 is 17.9 Å². The van der Waals surface area contributed by atoms with Gasteiger partial charge in [0.15, 0.2) is 0 Å². The van der Waals surface area contributed by atoms with Gasteiger partial charge < -0.3 is 14.5 Å². The number of ether oxygens (including phenoxy) is 1. The highest BCUT2D eigenvalue weighted by molar-refractivity contribution is 7.98. The summed E-state index contributed by atoms with van der Waals surface area (Å²) in [6, 6.07) is 0. The molecule has 1 aromatic rings. The molecule has 1 saturated heterocycles. The van der Waals surface area contributed by atoms with Crippen LogP contribution in [0.2, 0.25) is 0 Å². The van der Waals surface area contributed by atoms with E-state index in [2.05, 4.69) is 21.9 Å². The van der Waals surface area contributed by atoms with Gasteiger partial charge in [0.2, 0.25) is 0 Å². The third kappa shape index (κ3) is 5.63. The van der Waals surface area contributed by atoms with Gasteiger partial charge in [-0.15, -0.1) is 11.8 Å². The normalized spacial score (nSPS) is 18.2. The fourth-order valence-corrected chi connectivity index (χ4v) is 3.39. The Morgan fingerprint density at radius 1 is 1.42 bits per heavy atom. The number of hydrogen-bond acceptors (Lipinski definition) is 6. The van der Waals surface area contributed by atoms with Crippen molar-refractivity contribution in [1.29, 1.82) is 0 Å². The van der Waals surface area contributed by atoms with Crippen molar-refractivity contribution in [2.24, 2.45) is 5.92 Å².